The lowest BCUT2D eigenvalue weighted by atomic mass is 10.2. The molecule has 1 aliphatic rings. The van der Waals surface area contributed by atoms with Gasteiger partial charge in [0, 0.05) is 35.9 Å². The minimum Gasteiger partial charge on any atom is -0.326 e. The van der Waals surface area contributed by atoms with Crippen LogP contribution < -0.4 is 5.32 Å². The molecule has 0 bridgehead atoms. The predicted molar refractivity (Wildman–Crippen MR) is 117 cm³/mol. The molecule has 2 amide bonds. The first-order valence-corrected chi connectivity index (χ1v) is 10.5. The van der Waals surface area contributed by atoms with Crippen LogP contribution in [-0.2, 0) is 9.59 Å². The number of hydrogen-bond acceptors (Lipinski definition) is 7. The molecule has 0 radical (unpaired) electrons. The van der Waals surface area contributed by atoms with E-state index >= 15 is 0 Å². The van der Waals surface area contributed by atoms with Gasteiger partial charge in [0.2, 0.25) is 5.91 Å². The summed E-state index contributed by atoms with van der Waals surface area (Å²) in [6.45, 7) is 0.242. The lowest BCUT2D eigenvalue weighted by molar-refractivity contribution is -0.122. The first-order valence-electron chi connectivity index (χ1n) is 8.40. The van der Waals surface area contributed by atoms with Crippen LogP contribution in [0.25, 0.3) is 17.1 Å². The molecule has 1 saturated heterocycles. The molecule has 28 heavy (non-hydrogen) atoms. The van der Waals surface area contributed by atoms with Crippen LogP contribution in [0.1, 0.15) is 11.3 Å². The molecule has 0 aliphatic carbocycles. The van der Waals surface area contributed by atoms with E-state index < -0.39 is 0 Å². The molecule has 1 N–H and O–H groups in total. The normalized spacial score (nSPS) is 15.6. The van der Waals surface area contributed by atoms with Crippen molar-refractivity contribution >= 4 is 74.2 Å². The predicted octanol–water partition coefficient (Wildman–Crippen LogP) is 3.92. The van der Waals surface area contributed by atoms with Gasteiger partial charge in [0.1, 0.15) is 4.32 Å². The summed E-state index contributed by atoms with van der Waals surface area (Å²) in [6.07, 6.45) is 5.21. The van der Waals surface area contributed by atoms with Crippen molar-refractivity contribution in [1.82, 2.24) is 14.9 Å². The quantitative estimate of drug-likeness (QED) is 0.492. The molecule has 6 nitrogen and oxygen atoms in total. The maximum absolute atomic E-state index is 12.6. The summed E-state index contributed by atoms with van der Waals surface area (Å²) in [5.74, 6) is -0.350. The zero-order valence-electron chi connectivity index (χ0n) is 14.5. The number of nitrogens with zero attached hydrogens (tertiary/aromatic N) is 3. The van der Waals surface area contributed by atoms with Crippen LogP contribution >= 0.6 is 35.3 Å². The molecule has 0 atom stereocenters. The highest BCUT2D eigenvalue weighted by Crippen LogP contribution is 2.33. The molecule has 0 saturated carbocycles. The number of carbonyl (C=O) groups is 2. The molecule has 1 aromatic carbocycles. The van der Waals surface area contributed by atoms with E-state index in [1.165, 1.54) is 16.7 Å². The zero-order valence-corrected chi connectivity index (χ0v) is 16.9. The Morgan fingerprint density at radius 2 is 2.04 bits per heavy atom. The summed E-state index contributed by atoms with van der Waals surface area (Å²) >= 11 is 8.13. The Morgan fingerprint density at radius 3 is 2.82 bits per heavy atom. The topological polar surface area (TPSA) is 75.2 Å². The Hall–Kier alpha value is -2.62. The fourth-order valence-corrected chi connectivity index (χ4v) is 4.70. The van der Waals surface area contributed by atoms with E-state index in [2.05, 4.69) is 15.3 Å². The molecular weight excluding hydrogens is 412 g/mol. The lowest BCUT2D eigenvalue weighted by Gasteiger charge is -2.14. The number of thiocarbonyl (C=S) groups is 1. The molecule has 0 unspecified atom stereocenters. The molecular formula is C19H14N4O2S3. The third-order valence-corrected chi connectivity index (χ3v) is 6.20. The molecule has 1 fully saturated rings. The summed E-state index contributed by atoms with van der Waals surface area (Å²) in [5, 5.41) is 4.78. The van der Waals surface area contributed by atoms with E-state index in [0.29, 0.717) is 20.4 Å². The van der Waals surface area contributed by atoms with Crippen molar-refractivity contribution in [1.29, 1.82) is 0 Å². The summed E-state index contributed by atoms with van der Waals surface area (Å²) in [7, 11) is 0. The maximum Gasteiger partial charge on any atom is 0.266 e. The maximum atomic E-state index is 12.6. The van der Waals surface area contributed by atoms with E-state index in [1.807, 2.05) is 23.6 Å². The first-order chi connectivity index (χ1) is 13.6. The van der Waals surface area contributed by atoms with Gasteiger partial charge >= 0.3 is 0 Å². The van der Waals surface area contributed by atoms with Crippen LogP contribution in [0, 0.1) is 0 Å². The van der Waals surface area contributed by atoms with E-state index in [4.69, 9.17) is 12.2 Å². The van der Waals surface area contributed by atoms with Gasteiger partial charge in [0.15, 0.2) is 0 Å². The number of hydrogen-bond donors (Lipinski definition) is 1. The van der Waals surface area contributed by atoms with Gasteiger partial charge in [0.25, 0.3) is 5.91 Å². The van der Waals surface area contributed by atoms with Gasteiger partial charge in [-0.1, -0.05) is 30.0 Å². The van der Waals surface area contributed by atoms with Crippen molar-refractivity contribution in [2.75, 3.05) is 11.9 Å². The van der Waals surface area contributed by atoms with Crippen LogP contribution in [0.4, 0.5) is 5.69 Å². The second-order valence-corrected chi connectivity index (χ2v) is 8.56. The third kappa shape index (κ3) is 4.11. The Bertz CT molecular complexity index is 1100. The Labute approximate surface area is 174 Å². The van der Waals surface area contributed by atoms with Crippen molar-refractivity contribution in [2.24, 2.45) is 0 Å². The Balaban J connectivity index is 1.37. The van der Waals surface area contributed by atoms with Crippen LogP contribution in [0.3, 0.4) is 0 Å². The van der Waals surface area contributed by atoms with Gasteiger partial charge in [-0.15, -0.1) is 11.3 Å². The summed E-state index contributed by atoms with van der Waals surface area (Å²) < 4.78 is 0.474. The highest BCUT2D eigenvalue weighted by molar-refractivity contribution is 8.26. The van der Waals surface area contributed by atoms with Crippen molar-refractivity contribution < 1.29 is 9.59 Å². The van der Waals surface area contributed by atoms with Gasteiger partial charge in [-0.25, -0.2) is 0 Å². The SMILES string of the molecule is O=C(CCN1C(=O)C(=Cc2cccs2)SC1=S)Nc1ccc2nccnc2c1. The lowest BCUT2D eigenvalue weighted by Crippen LogP contribution is -2.31. The fraction of sp³-hybridized carbons (Fsp3) is 0.105. The van der Waals surface area contributed by atoms with E-state index in [9.17, 15) is 9.59 Å². The number of amides is 2. The average Bonchev–Trinajstić information content (AvgIpc) is 3.29. The van der Waals surface area contributed by atoms with Gasteiger partial charge in [-0.3, -0.25) is 24.5 Å². The molecule has 0 spiro atoms. The monoisotopic (exact) mass is 426 g/mol. The van der Waals surface area contributed by atoms with Crippen molar-refractivity contribution in [3.8, 4) is 0 Å². The van der Waals surface area contributed by atoms with Crippen molar-refractivity contribution in [3.63, 3.8) is 0 Å². The molecule has 4 rings (SSSR count). The first kappa shape index (κ1) is 18.7. The highest BCUT2D eigenvalue weighted by Gasteiger charge is 2.32. The van der Waals surface area contributed by atoms with E-state index in [0.717, 1.165) is 10.4 Å². The smallest absolute Gasteiger partial charge is 0.266 e. The molecule has 2 aromatic heterocycles. The Kier molecular flexibility index (Phi) is 5.47. The second kappa shape index (κ2) is 8.17. The zero-order chi connectivity index (χ0) is 19.5. The second-order valence-electron chi connectivity index (χ2n) is 5.91. The minimum absolute atomic E-state index is 0.150. The number of benzene rings is 1. The van der Waals surface area contributed by atoms with Crippen LogP contribution in [-0.4, -0.2) is 37.5 Å². The number of nitrogens with one attached hydrogen (secondary N) is 1. The van der Waals surface area contributed by atoms with Gasteiger partial charge in [-0.05, 0) is 35.7 Å². The highest BCUT2D eigenvalue weighted by atomic mass is 32.2. The molecule has 1 aliphatic heterocycles. The van der Waals surface area contributed by atoms with Gasteiger partial charge in [0.05, 0.1) is 15.9 Å². The van der Waals surface area contributed by atoms with E-state index in [1.54, 1.807) is 41.9 Å². The number of thiophene rings is 1. The number of rotatable bonds is 5. The summed E-state index contributed by atoms with van der Waals surface area (Å²) in [5.41, 5.74) is 2.10. The summed E-state index contributed by atoms with van der Waals surface area (Å²) in [4.78, 5) is 36.4. The minimum atomic E-state index is -0.195. The average molecular weight is 427 g/mol. The number of thioether (sulfide) groups is 1. The number of carbonyl (C=O) groups excluding carboxylic acids is 2. The molecule has 140 valence electrons. The molecule has 3 aromatic rings. The van der Waals surface area contributed by atoms with Crippen LogP contribution in [0.2, 0.25) is 0 Å². The van der Waals surface area contributed by atoms with E-state index in [-0.39, 0.29) is 24.8 Å². The number of aromatic nitrogens is 2. The Morgan fingerprint density at radius 1 is 1.21 bits per heavy atom. The largest absolute Gasteiger partial charge is 0.326 e. The standard InChI is InChI=1S/C19H14N4O2S3/c24-17(22-12-3-4-14-15(10-12)21-7-6-20-14)5-8-23-18(25)16(28-19(23)26)11-13-2-1-9-27-13/h1-4,6-7,9-11H,5,8H2,(H,22,24). The van der Waals surface area contributed by atoms with Crippen molar-refractivity contribution in [3.05, 3.63) is 57.9 Å². The fourth-order valence-electron chi connectivity index (χ4n) is 2.67. The van der Waals surface area contributed by atoms with Gasteiger partial charge < -0.3 is 5.32 Å². The third-order valence-electron chi connectivity index (χ3n) is 4.01. The molecule has 3 heterocycles. The number of anilines is 1. The molecule has 9 heteroatoms. The summed E-state index contributed by atoms with van der Waals surface area (Å²) in [6, 6.07) is 9.22. The number of fused-ring (bicyclic) bond motifs is 1. The van der Waals surface area contributed by atoms with Crippen molar-refractivity contribution in [2.45, 2.75) is 6.42 Å². The van der Waals surface area contributed by atoms with Crippen LogP contribution in [0.15, 0.2) is 53.0 Å². The van der Waals surface area contributed by atoms with Crippen LogP contribution in [0.5, 0.6) is 0 Å². The van der Waals surface area contributed by atoms with Gasteiger partial charge in [-0.2, -0.15) is 0 Å².